The highest BCUT2D eigenvalue weighted by atomic mass is 19.1. The third-order valence-corrected chi connectivity index (χ3v) is 3.23. The topological polar surface area (TPSA) is 41.6 Å². The van der Waals surface area contributed by atoms with Gasteiger partial charge in [0.1, 0.15) is 17.6 Å². The summed E-state index contributed by atoms with van der Waals surface area (Å²) in [6.45, 7) is 5.59. The van der Waals surface area contributed by atoms with Crippen molar-refractivity contribution in [3.8, 4) is 17.3 Å². The number of hydrogen-bond donors (Lipinski definition) is 0. The summed E-state index contributed by atoms with van der Waals surface area (Å²) in [5.74, 6) is -0.302. The fourth-order valence-corrected chi connectivity index (χ4v) is 2.00. The lowest BCUT2D eigenvalue weighted by atomic mass is 10.0. The van der Waals surface area contributed by atoms with Crippen molar-refractivity contribution in [2.45, 2.75) is 20.8 Å². The average Bonchev–Trinajstić information content (AvgIpc) is 2.59. The minimum Gasteiger partial charge on any atom is -0.257 e. The van der Waals surface area contributed by atoms with Gasteiger partial charge in [0.05, 0.1) is 5.69 Å². The highest BCUT2D eigenvalue weighted by molar-refractivity contribution is 5.67. The van der Waals surface area contributed by atoms with Crippen molar-refractivity contribution in [1.29, 1.82) is 5.26 Å². The molecule has 0 radical (unpaired) electrons. The maximum atomic E-state index is 14.0. The molecule has 0 saturated carbocycles. The van der Waals surface area contributed by atoms with Crippen molar-refractivity contribution >= 4 is 0 Å². The second-order valence-corrected chi connectivity index (χ2v) is 4.47. The Morgan fingerprint density at radius 2 is 1.83 bits per heavy atom. The molecule has 0 atom stereocenters. The molecule has 0 saturated heterocycles. The molecule has 0 fully saturated rings. The molecule has 1 heterocycles. The van der Waals surface area contributed by atoms with E-state index in [9.17, 15) is 4.39 Å². The van der Waals surface area contributed by atoms with Crippen LogP contribution in [0.25, 0.3) is 11.3 Å². The molecule has 92 valence electrons. The van der Waals surface area contributed by atoms with Crippen LogP contribution in [0.4, 0.5) is 4.39 Å². The zero-order chi connectivity index (χ0) is 13.4. The summed E-state index contributed by atoms with van der Waals surface area (Å²) in [4.78, 5) is 0. The first-order valence-corrected chi connectivity index (χ1v) is 5.66. The lowest BCUT2D eigenvalue weighted by Crippen LogP contribution is -1.94. The van der Waals surface area contributed by atoms with Crippen molar-refractivity contribution in [2.24, 2.45) is 7.05 Å². The van der Waals surface area contributed by atoms with Crippen LogP contribution in [0.5, 0.6) is 0 Å². The van der Waals surface area contributed by atoms with Crippen LogP contribution in [0.2, 0.25) is 0 Å². The van der Waals surface area contributed by atoms with E-state index in [0.29, 0.717) is 22.5 Å². The molecular formula is C14H14FN3. The number of nitrogens with zero attached hydrogens (tertiary/aromatic N) is 3. The van der Waals surface area contributed by atoms with Crippen LogP contribution in [0.15, 0.2) is 12.1 Å². The summed E-state index contributed by atoms with van der Waals surface area (Å²) in [5.41, 5.74) is 4.08. The summed E-state index contributed by atoms with van der Waals surface area (Å²) in [7, 11) is 1.69. The quantitative estimate of drug-likeness (QED) is 0.772. The summed E-state index contributed by atoms with van der Waals surface area (Å²) < 4.78 is 15.5. The minimum atomic E-state index is -0.302. The zero-order valence-corrected chi connectivity index (χ0v) is 10.9. The normalized spacial score (nSPS) is 10.4. The molecular weight excluding hydrogens is 229 g/mol. The highest BCUT2D eigenvalue weighted by Crippen LogP contribution is 2.28. The predicted octanol–water partition coefficient (Wildman–Crippen LogP) is 3.02. The fraction of sp³-hybridized carbons (Fsp3) is 0.286. The van der Waals surface area contributed by atoms with Gasteiger partial charge in [-0.25, -0.2) is 4.39 Å². The molecule has 0 bridgehead atoms. The largest absolute Gasteiger partial charge is 0.257 e. The average molecular weight is 243 g/mol. The van der Waals surface area contributed by atoms with Crippen LogP contribution in [0, 0.1) is 37.9 Å². The van der Waals surface area contributed by atoms with Crippen molar-refractivity contribution in [2.75, 3.05) is 0 Å². The Hall–Kier alpha value is -2.15. The van der Waals surface area contributed by atoms with Crippen LogP contribution >= 0.6 is 0 Å². The molecule has 0 aliphatic carbocycles. The number of aryl methyl sites for hydroxylation is 3. The Morgan fingerprint density at radius 1 is 1.22 bits per heavy atom. The maximum absolute atomic E-state index is 14.0. The Bertz CT molecular complexity index is 663. The Kier molecular flexibility index (Phi) is 2.92. The second-order valence-electron chi connectivity index (χ2n) is 4.47. The first-order valence-electron chi connectivity index (χ1n) is 5.66. The van der Waals surface area contributed by atoms with E-state index in [1.807, 2.05) is 13.8 Å². The van der Waals surface area contributed by atoms with Gasteiger partial charge in [-0.05, 0) is 44.0 Å². The van der Waals surface area contributed by atoms with E-state index in [1.165, 1.54) is 10.7 Å². The Balaban J connectivity index is 2.71. The van der Waals surface area contributed by atoms with Gasteiger partial charge in [0, 0.05) is 18.2 Å². The van der Waals surface area contributed by atoms with Crippen molar-refractivity contribution < 1.29 is 4.39 Å². The van der Waals surface area contributed by atoms with Crippen LogP contribution in [-0.2, 0) is 7.05 Å². The fourth-order valence-electron chi connectivity index (χ4n) is 2.00. The molecule has 0 unspecified atom stereocenters. The number of halogens is 1. The SMILES string of the molecule is Cc1cc(F)c(-c2nn(C)c(C#N)c2C)cc1C. The Labute approximate surface area is 105 Å². The molecule has 1 aromatic carbocycles. The van der Waals surface area contributed by atoms with Crippen LogP contribution in [-0.4, -0.2) is 9.78 Å². The summed E-state index contributed by atoms with van der Waals surface area (Å²) in [6, 6.07) is 5.36. The van der Waals surface area contributed by atoms with Crippen LogP contribution in [0.3, 0.4) is 0 Å². The van der Waals surface area contributed by atoms with E-state index >= 15 is 0 Å². The maximum Gasteiger partial charge on any atom is 0.141 e. The minimum absolute atomic E-state index is 0.302. The van der Waals surface area contributed by atoms with E-state index in [1.54, 1.807) is 20.0 Å². The third-order valence-electron chi connectivity index (χ3n) is 3.23. The summed E-state index contributed by atoms with van der Waals surface area (Å²) in [5, 5.41) is 13.3. The first kappa shape index (κ1) is 12.3. The van der Waals surface area contributed by atoms with Crippen LogP contribution in [0.1, 0.15) is 22.4 Å². The molecule has 2 aromatic rings. The lowest BCUT2D eigenvalue weighted by Gasteiger charge is -2.05. The Morgan fingerprint density at radius 3 is 2.39 bits per heavy atom. The molecule has 3 nitrogen and oxygen atoms in total. The molecule has 18 heavy (non-hydrogen) atoms. The van der Waals surface area contributed by atoms with E-state index in [2.05, 4.69) is 11.2 Å². The predicted molar refractivity (Wildman–Crippen MR) is 67.5 cm³/mol. The van der Waals surface area contributed by atoms with E-state index in [4.69, 9.17) is 5.26 Å². The van der Waals surface area contributed by atoms with Gasteiger partial charge in [-0.15, -0.1) is 0 Å². The number of benzene rings is 1. The lowest BCUT2D eigenvalue weighted by molar-refractivity contribution is 0.628. The van der Waals surface area contributed by atoms with Gasteiger partial charge in [0.2, 0.25) is 0 Å². The van der Waals surface area contributed by atoms with E-state index in [0.717, 1.165) is 11.1 Å². The van der Waals surface area contributed by atoms with Gasteiger partial charge in [0.25, 0.3) is 0 Å². The van der Waals surface area contributed by atoms with Gasteiger partial charge < -0.3 is 0 Å². The van der Waals surface area contributed by atoms with Gasteiger partial charge in [-0.1, -0.05) is 0 Å². The summed E-state index contributed by atoms with van der Waals surface area (Å²) in [6.07, 6.45) is 0. The van der Waals surface area contributed by atoms with Crippen molar-refractivity contribution in [1.82, 2.24) is 9.78 Å². The summed E-state index contributed by atoms with van der Waals surface area (Å²) >= 11 is 0. The standard InChI is InChI=1S/C14H14FN3/c1-8-5-11(12(15)6-9(8)2)14-10(3)13(7-16)18(4)17-14/h5-6H,1-4H3. The van der Waals surface area contributed by atoms with Gasteiger partial charge in [-0.3, -0.25) is 4.68 Å². The smallest absolute Gasteiger partial charge is 0.141 e. The highest BCUT2D eigenvalue weighted by Gasteiger charge is 2.17. The monoisotopic (exact) mass is 243 g/mol. The van der Waals surface area contributed by atoms with Gasteiger partial charge >= 0.3 is 0 Å². The molecule has 0 aliphatic rings. The zero-order valence-electron chi connectivity index (χ0n) is 10.9. The van der Waals surface area contributed by atoms with Gasteiger partial charge in [0.15, 0.2) is 0 Å². The molecule has 0 aliphatic heterocycles. The number of rotatable bonds is 1. The number of nitriles is 1. The number of aromatic nitrogens is 2. The molecule has 0 amide bonds. The molecule has 0 N–H and O–H groups in total. The third kappa shape index (κ3) is 1.78. The molecule has 0 spiro atoms. The van der Waals surface area contributed by atoms with E-state index in [-0.39, 0.29) is 5.82 Å². The van der Waals surface area contributed by atoms with E-state index < -0.39 is 0 Å². The van der Waals surface area contributed by atoms with Crippen molar-refractivity contribution in [3.05, 3.63) is 40.3 Å². The molecule has 2 rings (SSSR count). The van der Waals surface area contributed by atoms with Crippen LogP contribution < -0.4 is 0 Å². The van der Waals surface area contributed by atoms with Gasteiger partial charge in [-0.2, -0.15) is 10.4 Å². The second kappa shape index (κ2) is 4.26. The van der Waals surface area contributed by atoms with Crippen molar-refractivity contribution in [3.63, 3.8) is 0 Å². The first-order chi connectivity index (χ1) is 8.45. The molecule has 1 aromatic heterocycles. The molecule has 4 heteroatoms. The number of hydrogen-bond acceptors (Lipinski definition) is 2.